The third kappa shape index (κ3) is 4.92. The second kappa shape index (κ2) is 9.19. The molecule has 1 amide bonds. The zero-order chi connectivity index (χ0) is 21.7. The second-order valence-corrected chi connectivity index (χ2v) is 8.47. The van der Waals surface area contributed by atoms with Crippen molar-refractivity contribution < 1.29 is 17.9 Å². The molecule has 30 heavy (non-hydrogen) atoms. The average molecular weight is 449 g/mol. The Morgan fingerprint density at radius 3 is 2.70 bits per heavy atom. The lowest BCUT2D eigenvalue weighted by Gasteiger charge is -2.13. The number of sulfonamides is 1. The lowest BCUT2D eigenvalue weighted by molar-refractivity contribution is 0.0953. The van der Waals surface area contributed by atoms with Crippen molar-refractivity contribution in [2.45, 2.75) is 11.3 Å². The zero-order valence-electron chi connectivity index (χ0n) is 16.4. The molecule has 0 saturated heterocycles. The van der Waals surface area contributed by atoms with Crippen molar-refractivity contribution in [2.75, 3.05) is 18.4 Å². The molecule has 0 fully saturated rings. The molecule has 0 radical (unpaired) electrons. The van der Waals surface area contributed by atoms with Crippen LogP contribution in [0, 0.1) is 0 Å². The van der Waals surface area contributed by atoms with Gasteiger partial charge in [-0.2, -0.15) is 0 Å². The first kappa shape index (κ1) is 21.7. The number of benzene rings is 2. The SMILES string of the molecule is COc1ccccc1NS(=O)(=O)c1cc(C(=O)NCCc2nccn2C)ccc1Cl. The summed E-state index contributed by atoms with van der Waals surface area (Å²) in [5.74, 6) is 0.783. The van der Waals surface area contributed by atoms with E-state index in [1.54, 1.807) is 30.5 Å². The number of ether oxygens (including phenoxy) is 1. The number of methoxy groups -OCH3 is 1. The molecule has 3 rings (SSSR count). The van der Waals surface area contributed by atoms with Gasteiger partial charge in [-0.25, -0.2) is 13.4 Å². The van der Waals surface area contributed by atoms with Gasteiger partial charge >= 0.3 is 0 Å². The summed E-state index contributed by atoms with van der Waals surface area (Å²) in [6.07, 6.45) is 4.05. The maximum absolute atomic E-state index is 12.9. The van der Waals surface area contributed by atoms with Crippen LogP contribution in [0.3, 0.4) is 0 Å². The summed E-state index contributed by atoms with van der Waals surface area (Å²) in [5.41, 5.74) is 0.445. The number of nitrogens with zero attached hydrogens (tertiary/aromatic N) is 2. The van der Waals surface area contributed by atoms with Crippen molar-refractivity contribution in [3.05, 3.63) is 71.3 Å². The van der Waals surface area contributed by atoms with Crippen LogP contribution >= 0.6 is 11.6 Å². The molecule has 0 aliphatic heterocycles. The Morgan fingerprint density at radius 1 is 1.23 bits per heavy atom. The second-order valence-electron chi connectivity index (χ2n) is 6.41. The first-order chi connectivity index (χ1) is 14.3. The fourth-order valence-corrected chi connectivity index (χ4v) is 4.40. The van der Waals surface area contributed by atoms with E-state index in [0.717, 1.165) is 5.82 Å². The molecule has 2 aromatic carbocycles. The van der Waals surface area contributed by atoms with Crippen molar-refractivity contribution in [1.29, 1.82) is 0 Å². The van der Waals surface area contributed by atoms with E-state index in [0.29, 0.717) is 18.7 Å². The number of rotatable bonds is 8. The minimum atomic E-state index is -4.05. The van der Waals surface area contributed by atoms with Gasteiger partial charge in [-0.1, -0.05) is 23.7 Å². The molecule has 3 aromatic rings. The summed E-state index contributed by atoms with van der Waals surface area (Å²) in [5, 5.41) is 2.76. The third-order valence-electron chi connectivity index (χ3n) is 4.39. The minimum Gasteiger partial charge on any atom is -0.495 e. The van der Waals surface area contributed by atoms with Crippen LogP contribution in [0.25, 0.3) is 0 Å². The first-order valence-corrected chi connectivity index (χ1v) is 10.9. The number of aryl methyl sites for hydroxylation is 1. The van der Waals surface area contributed by atoms with Gasteiger partial charge in [0.15, 0.2) is 0 Å². The Hall–Kier alpha value is -3.04. The van der Waals surface area contributed by atoms with E-state index in [1.807, 2.05) is 17.8 Å². The Morgan fingerprint density at radius 2 is 2.00 bits per heavy atom. The maximum Gasteiger partial charge on any atom is 0.263 e. The number of nitrogens with one attached hydrogen (secondary N) is 2. The predicted molar refractivity (Wildman–Crippen MR) is 114 cm³/mol. The summed E-state index contributed by atoms with van der Waals surface area (Å²) in [7, 11) is -0.739. The molecule has 1 heterocycles. The number of para-hydroxylation sites is 2. The van der Waals surface area contributed by atoms with Crippen molar-refractivity contribution in [3.63, 3.8) is 0 Å². The Balaban J connectivity index is 1.76. The summed E-state index contributed by atoms with van der Waals surface area (Å²) >= 11 is 6.12. The van der Waals surface area contributed by atoms with Gasteiger partial charge in [-0.05, 0) is 30.3 Å². The topological polar surface area (TPSA) is 102 Å². The predicted octanol–water partition coefficient (Wildman–Crippen LogP) is 2.86. The molecule has 0 bridgehead atoms. The Kier molecular flexibility index (Phi) is 6.63. The number of hydrogen-bond acceptors (Lipinski definition) is 5. The largest absolute Gasteiger partial charge is 0.495 e. The molecule has 0 saturated carbocycles. The number of aromatic nitrogens is 2. The lowest BCUT2D eigenvalue weighted by atomic mass is 10.2. The fraction of sp³-hybridized carbons (Fsp3) is 0.200. The van der Waals surface area contributed by atoms with Crippen LogP contribution in [-0.4, -0.2) is 37.5 Å². The molecular weight excluding hydrogens is 428 g/mol. The van der Waals surface area contributed by atoms with Gasteiger partial charge < -0.3 is 14.6 Å². The number of carbonyl (C=O) groups excluding carboxylic acids is 1. The van der Waals surface area contributed by atoms with E-state index in [4.69, 9.17) is 16.3 Å². The van der Waals surface area contributed by atoms with Gasteiger partial charge in [0.25, 0.3) is 15.9 Å². The maximum atomic E-state index is 12.9. The minimum absolute atomic E-state index is 0.00181. The molecule has 0 atom stereocenters. The summed E-state index contributed by atoms with van der Waals surface area (Å²) in [4.78, 5) is 16.5. The van der Waals surface area contributed by atoms with Crippen LogP contribution in [0.15, 0.2) is 59.8 Å². The summed E-state index contributed by atoms with van der Waals surface area (Å²) in [6.45, 7) is 0.355. The van der Waals surface area contributed by atoms with Gasteiger partial charge in [-0.3, -0.25) is 9.52 Å². The van der Waals surface area contributed by atoms with Crippen LogP contribution in [-0.2, 0) is 23.5 Å². The monoisotopic (exact) mass is 448 g/mol. The van der Waals surface area contributed by atoms with Crippen LogP contribution < -0.4 is 14.8 Å². The van der Waals surface area contributed by atoms with Crippen LogP contribution in [0.5, 0.6) is 5.75 Å². The zero-order valence-corrected chi connectivity index (χ0v) is 18.0. The normalized spacial score (nSPS) is 11.2. The van der Waals surface area contributed by atoms with Gasteiger partial charge in [0.1, 0.15) is 16.5 Å². The number of carbonyl (C=O) groups is 1. The number of halogens is 1. The van der Waals surface area contributed by atoms with Crippen molar-refractivity contribution >= 4 is 33.2 Å². The van der Waals surface area contributed by atoms with E-state index in [2.05, 4.69) is 15.0 Å². The van der Waals surface area contributed by atoms with Gasteiger partial charge in [0, 0.05) is 38.0 Å². The van der Waals surface area contributed by atoms with Gasteiger partial charge in [-0.15, -0.1) is 0 Å². The molecule has 0 spiro atoms. The molecule has 158 valence electrons. The highest BCUT2D eigenvalue weighted by molar-refractivity contribution is 7.92. The Bertz CT molecular complexity index is 1160. The number of anilines is 1. The molecule has 0 unspecified atom stereocenters. The standard InChI is InChI=1S/C20H21ClN4O4S/c1-25-12-11-22-19(25)9-10-23-20(26)14-7-8-15(21)18(13-14)30(27,28)24-16-5-3-4-6-17(16)29-2/h3-8,11-13,24H,9-10H2,1-2H3,(H,23,26). The highest BCUT2D eigenvalue weighted by atomic mass is 35.5. The summed E-state index contributed by atoms with van der Waals surface area (Å²) in [6, 6.07) is 10.7. The number of hydrogen-bond donors (Lipinski definition) is 2. The molecule has 1 aromatic heterocycles. The van der Waals surface area contributed by atoms with Gasteiger partial charge in [0.05, 0.1) is 17.8 Å². The van der Waals surface area contributed by atoms with Crippen molar-refractivity contribution in [1.82, 2.24) is 14.9 Å². The van der Waals surface area contributed by atoms with E-state index in [-0.39, 0.29) is 21.2 Å². The number of imidazole rings is 1. The van der Waals surface area contributed by atoms with E-state index in [9.17, 15) is 13.2 Å². The molecule has 0 aliphatic carbocycles. The average Bonchev–Trinajstić information content (AvgIpc) is 3.13. The summed E-state index contributed by atoms with van der Waals surface area (Å²) < 4.78 is 35.2. The molecular formula is C20H21ClN4O4S. The third-order valence-corrected chi connectivity index (χ3v) is 6.24. The van der Waals surface area contributed by atoms with Crippen LogP contribution in [0.2, 0.25) is 5.02 Å². The first-order valence-electron chi connectivity index (χ1n) is 9.01. The smallest absolute Gasteiger partial charge is 0.263 e. The molecule has 8 nitrogen and oxygen atoms in total. The lowest BCUT2D eigenvalue weighted by Crippen LogP contribution is -2.26. The molecule has 0 aliphatic rings. The molecule has 2 N–H and O–H groups in total. The van der Waals surface area contributed by atoms with Gasteiger partial charge in [0.2, 0.25) is 0 Å². The van der Waals surface area contributed by atoms with Crippen LogP contribution in [0.4, 0.5) is 5.69 Å². The number of amides is 1. The fourth-order valence-electron chi connectivity index (χ4n) is 2.81. The van der Waals surface area contributed by atoms with Crippen molar-refractivity contribution in [2.24, 2.45) is 7.05 Å². The van der Waals surface area contributed by atoms with Crippen LogP contribution in [0.1, 0.15) is 16.2 Å². The quantitative estimate of drug-likeness (QED) is 0.551. The molecule has 10 heteroatoms. The Labute approximate surface area is 179 Å². The highest BCUT2D eigenvalue weighted by Gasteiger charge is 2.21. The van der Waals surface area contributed by atoms with E-state index in [1.165, 1.54) is 25.3 Å². The van der Waals surface area contributed by atoms with E-state index < -0.39 is 15.9 Å². The highest BCUT2D eigenvalue weighted by Crippen LogP contribution is 2.29. The van der Waals surface area contributed by atoms with E-state index >= 15 is 0 Å². The van der Waals surface area contributed by atoms with Crippen molar-refractivity contribution in [3.8, 4) is 5.75 Å².